The Kier molecular flexibility index (Phi) is 4.01. The third-order valence-corrected chi connectivity index (χ3v) is 4.31. The lowest BCUT2D eigenvalue weighted by Crippen LogP contribution is -2.51. The third kappa shape index (κ3) is 2.58. The number of anilines is 1. The van der Waals surface area contributed by atoms with E-state index in [0.717, 1.165) is 19.3 Å². The van der Waals surface area contributed by atoms with Gasteiger partial charge in [0, 0.05) is 6.54 Å². The molecule has 0 spiro atoms. The molecule has 0 aromatic heterocycles. The smallest absolute Gasteiger partial charge is 0.258 e. The van der Waals surface area contributed by atoms with Crippen LogP contribution in [0, 0.1) is 0 Å². The molecule has 0 radical (unpaired) electrons. The number of benzene rings is 1. The zero-order valence-electron chi connectivity index (χ0n) is 12.4. The molecular weight excluding hydrogens is 268 g/mol. The Morgan fingerprint density at radius 1 is 1.48 bits per heavy atom. The molecule has 1 aliphatic carbocycles. The van der Waals surface area contributed by atoms with E-state index in [1.165, 1.54) is 0 Å². The van der Waals surface area contributed by atoms with Crippen LogP contribution in [0.15, 0.2) is 18.2 Å². The highest BCUT2D eigenvalue weighted by Gasteiger charge is 2.39. The van der Waals surface area contributed by atoms with Gasteiger partial charge in [-0.05, 0) is 38.3 Å². The predicted octanol–water partition coefficient (Wildman–Crippen LogP) is 2.06. The highest BCUT2D eigenvalue weighted by molar-refractivity contribution is 5.99. The Morgan fingerprint density at radius 3 is 3.14 bits per heavy atom. The molecule has 114 valence electrons. The molecule has 0 bridgehead atoms. The second kappa shape index (κ2) is 5.93. The topological polar surface area (TPSA) is 64.8 Å². The number of amides is 1. The average Bonchev–Trinajstić information content (AvgIpc) is 2.97. The van der Waals surface area contributed by atoms with Crippen LogP contribution in [0.1, 0.15) is 36.5 Å². The normalized spacial score (nSPS) is 24.7. The Labute approximate surface area is 125 Å². The molecule has 2 atom stereocenters. The van der Waals surface area contributed by atoms with Gasteiger partial charge in [-0.1, -0.05) is 6.07 Å². The summed E-state index contributed by atoms with van der Waals surface area (Å²) in [5, 5.41) is 0. The van der Waals surface area contributed by atoms with Crippen molar-refractivity contribution in [2.24, 2.45) is 0 Å². The number of carbonyl (C=O) groups excluding carboxylic acids is 1. The molecule has 1 aliphatic heterocycles. The first-order valence-electron chi connectivity index (χ1n) is 7.66. The summed E-state index contributed by atoms with van der Waals surface area (Å²) in [6, 6.07) is 5.56. The van der Waals surface area contributed by atoms with E-state index in [0.29, 0.717) is 36.8 Å². The number of nitrogens with zero attached hydrogens (tertiary/aromatic N) is 1. The minimum Gasteiger partial charge on any atom is -0.491 e. The first-order chi connectivity index (χ1) is 10.2. The molecule has 1 aromatic carbocycles. The summed E-state index contributed by atoms with van der Waals surface area (Å²) in [7, 11) is 0. The molecule has 5 nitrogen and oxygen atoms in total. The summed E-state index contributed by atoms with van der Waals surface area (Å²) in [5.41, 5.74) is 7.03. The third-order valence-electron chi connectivity index (χ3n) is 4.31. The van der Waals surface area contributed by atoms with Gasteiger partial charge < -0.3 is 20.1 Å². The molecule has 1 saturated carbocycles. The maximum atomic E-state index is 12.9. The van der Waals surface area contributed by atoms with Gasteiger partial charge >= 0.3 is 0 Å². The van der Waals surface area contributed by atoms with Crippen molar-refractivity contribution >= 4 is 11.6 Å². The van der Waals surface area contributed by atoms with Crippen LogP contribution in [0.5, 0.6) is 5.75 Å². The van der Waals surface area contributed by atoms with Crippen molar-refractivity contribution in [3.8, 4) is 5.75 Å². The molecular formula is C16H22N2O3. The van der Waals surface area contributed by atoms with Crippen molar-refractivity contribution in [2.75, 3.05) is 25.5 Å². The predicted molar refractivity (Wildman–Crippen MR) is 80.4 cm³/mol. The van der Waals surface area contributed by atoms with Crippen molar-refractivity contribution in [1.29, 1.82) is 0 Å². The number of fused-ring (bicyclic) bond motifs is 1. The van der Waals surface area contributed by atoms with Crippen LogP contribution in [0.4, 0.5) is 5.69 Å². The van der Waals surface area contributed by atoms with Gasteiger partial charge in [0.05, 0.1) is 36.6 Å². The van der Waals surface area contributed by atoms with Crippen LogP contribution < -0.4 is 10.5 Å². The number of hydrogen-bond donors (Lipinski definition) is 1. The fourth-order valence-corrected chi connectivity index (χ4v) is 3.36. The van der Waals surface area contributed by atoms with Crippen LogP contribution >= 0.6 is 0 Å². The number of para-hydroxylation sites is 1. The van der Waals surface area contributed by atoms with Gasteiger partial charge in [0.15, 0.2) is 5.75 Å². The number of ether oxygens (including phenoxy) is 2. The summed E-state index contributed by atoms with van der Waals surface area (Å²) < 4.78 is 11.4. The van der Waals surface area contributed by atoms with Crippen LogP contribution in [0.25, 0.3) is 0 Å². The molecule has 1 aromatic rings. The van der Waals surface area contributed by atoms with E-state index in [1.54, 1.807) is 18.2 Å². The molecule has 1 saturated heterocycles. The first-order valence-corrected chi connectivity index (χ1v) is 7.66. The van der Waals surface area contributed by atoms with Crippen LogP contribution in [0.2, 0.25) is 0 Å². The summed E-state index contributed by atoms with van der Waals surface area (Å²) in [4.78, 5) is 14.9. The standard InChI is InChI=1S/C16H22N2O3/c1-2-20-15-11(5-3-6-12(15)17)16(19)18-9-10-21-14-8-4-7-13(14)18/h3,5-6,13-14H,2,4,7-10,17H2,1H3. The van der Waals surface area contributed by atoms with E-state index >= 15 is 0 Å². The van der Waals surface area contributed by atoms with Gasteiger partial charge in [-0.15, -0.1) is 0 Å². The second-order valence-corrected chi connectivity index (χ2v) is 5.56. The maximum absolute atomic E-state index is 12.9. The largest absolute Gasteiger partial charge is 0.491 e. The summed E-state index contributed by atoms with van der Waals surface area (Å²) >= 11 is 0. The van der Waals surface area contributed by atoms with Crippen molar-refractivity contribution < 1.29 is 14.3 Å². The molecule has 2 N–H and O–H groups in total. The van der Waals surface area contributed by atoms with E-state index in [9.17, 15) is 4.79 Å². The van der Waals surface area contributed by atoms with Gasteiger partial charge in [0.1, 0.15) is 0 Å². The van der Waals surface area contributed by atoms with E-state index in [4.69, 9.17) is 15.2 Å². The summed E-state index contributed by atoms with van der Waals surface area (Å²) in [6.07, 6.45) is 3.38. The fourth-order valence-electron chi connectivity index (χ4n) is 3.36. The van der Waals surface area contributed by atoms with Crippen molar-refractivity contribution in [3.05, 3.63) is 23.8 Å². The molecule has 3 rings (SSSR count). The highest BCUT2D eigenvalue weighted by Crippen LogP contribution is 2.33. The number of nitrogen functional groups attached to an aromatic ring is 1. The number of morpholine rings is 1. The Bertz CT molecular complexity index is 532. The van der Waals surface area contributed by atoms with E-state index in [-0.39, 0.29) is 18.1 Å². The van der Waals surface area contributed by atoms with Gasteiger partial charge in [-0.2, -0.15) is 0 Å². The summed E-state index contributed by atoms with van der Waals surface area (Å²) in [6.45, 7) is 3.63. The van der Waals surface area contributed by atoms with E-state index < -0.39 is 0 Å². The quantitative estimate of drug-likeness (QED) is 0.865. The molecule has 2 aliphatic rings. The monoisotopic (exact) mass is 290 g/mol. The van der Waals surface area contributed by atoms with Crippen molar-refractivity contribution in [1.82, 2.24) is 4.90 Å². The van der Waals surface area contributed by atoms with Gasteiger partial charge in [0.25, 0.3) is 5.91 Å². The van der Waals surface area contributed by atoms with Crippen molar-refractivity contribution in [2.45, 2.75) is 38.3 Å². The first kappa shape index (κ1) is 14.2. The van der Waals surface area contributed by atoms with Crippen LogP contribution in [-0.2, 0) is 4.74 Å². The van der Waals surface area contributed by atoms with E-state index in [2.05, 4.69) is 0 Å². The number of carbonyl (C=O) groups is 1. The molecule has 21 heavy (non-hydrogen) atoms. The van der Waals surface area contributed by atoms with Gasteiger partial charge in [0.2, 0.25) is 0 Å². The zero-order valence-corrected chi connectivity index (χ0v) is 12.4. The lowest BCUT2D eigenvalue weighted by molar-refractivity contribution is -0.0446. The van der Waals surface area contributed by atoms with Crippen molar-refractivity contribution in [3.63, 3.8) is 0 Å². The molecule has 1 heterocycles. The minimum absolute atomic E-state index is 0.00551. The Balaban J connectivity index is 1.89. The van der Waals surface area contributed by atoms with Crippen LogP contribution in [-0.4, -0.2) is 42.7 Å². The van der Waals surface area contributed by atoms with Crippen LogP contribution in [0.3, 0.4) is 0 Å². The maximum Gasteiger partial charge on any atom is 0.258 e. The lowest BCUT2D eigenvalue weighted by atomic mass is 10.1. The number of hydrogen-bond acceptors (Lipinski definition) is 4. The second-order valence-electron chi connectivity index (χ2n) is 5.56. The molecule has 2 fully saturated rings. The van der Waals surface area contributed by atoms with Gasteiger partial charge in [-0.3, -0.25) is 4.79 Å². The van der Waals surface area contributed by atoms with E-state index in [1.807, 2.05) is 11.8 Å². The zero-order chi connectivity index (χ0) is 14.8. The molecule has 1 amide bonds. The van der Waals surface area contributed by atoms with Gasteiger partial charge in [-0.25, -0.2) is 0 Å². The number of rotatable bonds is 3. The number of nitrogens with two attached hydrogens (primary N) is 1. The Hall–Kier alpha value is -1.75. The minimum atomic E-state index is 0.00551. The Morgan fingerprint density at radius 2 is 2.33 bits per heavy atom. The lowest BCUT2D eigenvalue weighted by Gasteiger charge is -2.38. The highest BCUT2D eigenvalue weighted by atomic mass is 16.5. The molecule has 2 unspecified atom stereocenters. The fraction of sp³-hybridized carbons (Fsp3) is 0.562. The SMILES string of the molecule is CCOc1c(N)cccc1C(=O)N1CCOC2CCCC21. The average molecular weight is 290 g/mol. The summed E-state index contributed by atoms with van der Waals surface area (Å²) in [5.74, 6) is 0.511. The molecule has 5 heteroatoms.